The van der Waals surface area contributed by atoms with E-state index in [0.29, 0.717) is 20.7 Å². The van der Waals surface area contributed by atoms with Crippen LogP contribution in [-0.4, -0.2) is 29.7 Å². The minimum absolute atomic E-state index is 0.147. The van der Waals surface area contributed by atoms with E-state index >= 15 is 0 Å². The monoisotopic (exact) mass is 417 g/mol. The van der Waals surface area contributed by atoms with Crippen molar-refractivity contribution in [3.8, 4) is 17.4 Å². The first-order valence-electron chi connectivity index (χ1n) is 7.33. The van der Waals surface area contributed by atoms with Crippen molar-refractivity contribution < 1.29 is 26.3 Å². The van der Waals surface area contributed by atoms with Crippen LogP contribution in [0, 0.1) is 0 Å². The summed E-state index contributed by atoms with van der Waals surface area (Å²) >= 11 is 5.93. The van der Waals surface area contributed by atoms with Gasteiger partial charge in [0.2, 0.25) is 0 Å². The third kappa shape index (κ3) is 3.76. The molecule has 0 bridgehead atoms. The topological polar surface area (TPSA) is 74.1 Å². The predicted octanol–water partition coefficient (Wildman–Crippen LogP) is 3.86. The lowest BCUT2D eigenvalue weighted by Crippen LogP contribution is -2.17. The highest BCUT2D eigenvalue weighted by Crippen LogP contribution is 2.32. The quantitative estimate of drug-likeness (QED) is 0.644. The van der Waals surface area contributed by atoms with Crippen molar-refractivity contribution in [3.05, 3.63) is 59.1 Å². The van der Waals surface area contributed by atoms with E-state index < -0.39 is 26.7 Å². The van der Waals surface area contributed by atoms with E-state index in [9.17, 15) is 21.6 Å². The van der Waals surface area contributed by atoms with Gasteiger partial charge in [0.15, 0.2) is 5.82 Å². The van der Waals surface area contributed by atoms with Crippen molar-refractivity contribution >= 4 is 21.6 Å². The Balaban J connectivity index is 2.20. The molecule has 27 heavy (non-hydrogen) atoms. The molecule has 3 aromatic rings. The number of methoxy groups -OCH3 is 1. The molecule has 0 aliphatic rings. The van der Waals surface area contributed by atoms with Crippen LogP contribution in [0.4, 0.5) is 13.2 Å². The lowest BCUT2D eigenvalue weighted by molar-refractivity contribution is -0.137. The lowest BCUT2D eigenvalue weighted by atomic mass is 10.2. The van der Waals surface area contributed by atoms with E-state index in [4.69, 9.17) is 16.3 Å². The number of nitrogens with zero attached hydrogens (tertiary/aromatic N) is 3. The van der Waals surface area contributed by atoms with Gasteiger partial charge in [-0.15, -0.1) is 4.09 Å². The largest absolute Gasteiger partial charge is 0.466 e. The fraction of sp³-hybridized carbons (Fsp3) is 0.125. The van der Waals surface area contributed by atoms with Gasteiger partial charge in [0.1, 0.15) is 0 Å². The van der Waals surface area contributed by atoms with Crippen LogP contribution in [-0.2, 0) is 16.2 Å². The first kappa shape index (κ1) is 19.2. The van der Waals surface area contributed by atoms with E-state index in [0.717, 1.165) is 18.2 Å². The molecule has 0 saturated heterocycles. The number of hydrogen-bond acceptors (Lipinski definition) is 5. The van der Waals surface area contributed by atoms with Gasteiger partial charge in [0, 0.05) is 10.6 Å². The summed E-state index contributed by atoms with van der Waals surface area (Å²) < 4.78 is 70.1. The summed E-state index contributed by atoms with van der Waals surface area (Å²) in [6, 6.07) is 9.22. The van der Waals surface area contributed by atoms with Gasteiger partial charge in [0.05, 0.1) is 17.6 Å². The van der Waals surface area contributed by atoms with Crippen molar-refractivity contribution in [1.29, 1.82) is 0 Å². The normalized spacial score (nSPS) is 12.2. The average Bonchev–Trinajstić information content (AvgIpc) is 3.06. The molecule has 0 aliphatic heterocycles. The first-order chi connectivity index (χ1) is 12.6. The van der Waals surface area contributed by atoms with Crippen LogP contribution >= 0.6 is 11.6 Å². The highest BCUT2D eigenvalue weighted by molar-refractivity contribution is 7.90. The van der Waals surface area contributed by atoms with Crippen LogP contribution in [0.2, 0.25) is 5.02 Å². The Kier molecular flexibility index (Phi) is 4.87. The second-order valence-electron chi connectivity index (χ2n) is 5.31. The van der Waals surface area contributed by atoms with Crippen molar-refractivity contribution in [2.45, 2.75) is 11.1 Å². The molecule has 1 heterocycles. The Hall–Kier alpha value is -2.59. The lowest BCUT2D eigenvalue weighted by Gasteiger charge is -2.10. The predicted molar refractivity (Wildman–Crippen MR) is 91.0 cm³/mol. The summed E-state index contributed by atoms with van der Waals surface area (Å²) in [5, 5.41) is 4.06. The minimum Gasteiger partial charge on any atom is -0.466 e. The molecule has 0 aliphatic carbocycles. The summed E-state index contributed by atoms with van der Waals surface area (Å²) in [5.41, 5.74) is -0.797. The number of rotatable bonds is 4. The molecule has 1 aromatic heterocycles. The maximum Gasteiger partial charge on any atom is 0.416 e. The Bertz CT molecular complexity index is 1100. The Morgan fingerprint density at radius 1 is 1.11 bits per heavy atom. The number of alkyl halides is 3. The maximum absolute atomic E-state index is 12.9. The molecular formula is C16H11ClF3N3O3S. The smallest absolute Gasteiger partial charge is 0.416 e. The van der Waals surface area contributed by atoms with Gasteiger partial charge in [-0.3, -0.25) is 0 Å². The maximum atomic E-state index is 12.9. The average molecular weight is 418 g/mol. The third-order valence-corrected chi connectivity index (χ3v) is 5.31. The summed E-state index contributed by atoms with van der Waals surface area (Å²) in [7, 11) is -3.25. The van der Waals surface area contributed by atoms with E-state index in [1.165, 1.54) is 19.2 Å². The van der Waals surface area contributed by atoms with Crippen LogP contribution in [0.5, 0.6) is 6.01 Å². The fourth-order valence-electron chi connectivity index (χ4n) is 2.27. The molecule has 0 N–H and O–H groups in total. The number of benzene rings is 2. The number of halogens is 4. The molecule has 0 saturated carbocycles. The third-order valence-electron chi connectivity index (χ3n) is 3.51. The van der Waals surface area contributed by atoms with Crippen LogP contribution in [0.25, 0.3) is 11.4 Å². The minimum atomic E-state index is -4.69. The van der Waals surface area contributed by atoms with Gasteiger partial charge in [-0.05, 0) is 30.3 Å². The van der Waals surface area contributed by atoms with E-state index in [1.807, 2.05) is 0 Å². The molecule has 0 fully saturated rings. The zero-order chi connectivity index (χ0) is 19.8. The Labute approximate surface area is 157 Å². The van der Waals surface area contributed by atoms with E-state index in [-0.39, 0.29) is 11.8 Å². The van der Waals surface area contributed by atoms with Crippen molar-refractivity contribution in [2.75, 3.05) is 7.11 Å². The summed E-state index contributed by atoms with van der Waals surface area (Å²) in [4.78, 5) is 3.38. The standard InChI is InChI=1S/C16H11ClF3N3O3S/c1-26-15-21-14(10-4-2-6-12(17)8-10)23(22-15)27(24,25)13-7-3-5-11(9-13)16(18,19)20/h2-9H,1H3. The zero-order valence-electron chi connectivity index (χ0n) is 13.6. The van der Waals surface area contributed by atoms with E-state index in [2.05, 4.69) is 10.1 Å². The Morgan fingerprint density at radius 3 is 2.44 bits per heavy atom. The van der Waals surface area contributed by atoms with E-state index in [1.54, 1.807) is 12.1 Å². The van der Waals surface area contributed by atoms with Crippen LogP contribution in [0.3, 0.4) is 0 Å². The molecule has 6 nitrogen and oxygen atoms in total. The molecule has 3 rings (SSSR count). The van der Waals surface area contributed by atoms with Crippen LogP contribution < -0.4 is 4.74 Å². The van der Waals surface area contributed by atoms with Gasteiger partial charge >= 0.3 is 12.2 Å². The second-order valence-corrected chi connectivity index (χ2v) is 7.51. The number of aromatic nitrogens is 3. The molecular weight excluding hydrogens is 407 g/mol. The first-order valence-corrected chi connectivity index (χ1v) is 9.14. The van der Waals surface area contributed by atoms with Gasteiger partial charge in [-0.2, -0.15) is 26.6 Å². The highest BCUT2D eigenvalue weighted by atomic mass is 35.5. The Morgan fingerprint density at radius 2 is 1.81 bits per heavy atom. The number of hydrogen-bond donors (Lipinski definition) is 0. The van der Waals surface area contributed by atoms with Crippen molar-refractivity contribution in [3.63, 3.8) is 0 Å². The van der Waals surface area contributed by atoms with Gasteiger partial charge in [0.25, 0.3) is 10.0 Å². The summed E-state index contributed by atoms with van der Waals surface area (Å²) in [6.07, 6.45) is -4.69. The van der Waals surface area contributed by atoms with Gasteiger partial charge < -0.3 is 4.74 Å². The zero-order valence-corrected chi connectivity index (χ0v) is 15.2. The molecule has 0 amide bonds. The SMILES string of the molecule is COc1nc(-c2cccc(Cl)c2)n(S(=O)(=O)c2cccc(C(F)(F)F)c2)n1. The van der Waals surface area contributed by atoms with Gasteiger partial charge in [-0.1, -0.05) is 34.9 Å². The van der Waals surface area contributed by atoms with Crippen molar-refractivity contribution in [1.82, 2.24) is 14.2 Å². The molecule has 0 unspecified atom stereocenters. The molecule has 0 atom stereocenters. The molecule has 0 radical (unpaired) electrons. The summed E-state index contributed by atoms with van der Waals surface area (Å²) in [6.45, 7) is 0. The molecule has 0 spiro atoms. The molecule has 2 aromatic carbocycles. The van der Waals surface area contributed by atoms with Crippen LogP contribution in [0.15, 0.2) is 53.4 Å². The second kappa shape index (κ2) is 6.86. The fourth-order valence-corrected chi connectivity index (χ4v) is 3.74. The molecule has 142 valence electrons. The number of ether oxygens (including phenoxy) is 1. The highest BCUT2D eigenvalue weighted by Gasteiger charge is 2.33. The molecule has 11 heteroatoms. The van der Waals surface area contributed by atoms with Crippen molar-refractivity contribution in [2.24, 2.45) is 0 Å². The van der Waals surface area contributed by atoms with Gasteiger partial charge in [-0.25, -0.2) is 0 Å². The summed E-state index contributed by atoms with van der Waals surface area (Å²) in [5.74, 6) is -0.147. The van der Waals surface area contributed by atoms with Crippen LogP contribution in [0.1, 0.15) is 5.56 Å².